The van der Waals surface area contributed by atoms with E-state index in [1.165, 1.54) is 12.2 Å². The fourth-order valence-electron chi connectivity index (χ4n) is 3.41. The highest BCUT2D eigenvalue weighted by molar-refractivity contribution is 5.71. The van der Waals surface area contributed by atoms with Crippen molar-refractivity contribution in [2.75, 3.05) is 6.61 Å². The maximum atomic E-state index is 10.2. The molecule has 0 spiro atoms. The van der Waals surface area contributed by atoms with Crippen molar-refractivity contribution in [2.24, 2.45) is 0 Å². The van der Waals surface area contributed by atoms with E-state index < -0.39 is 48.0 Å². The molecule has 11 heteroatoms. The lowest BCUT2D eigenvalue weighted by Gasteiger charge is -2.36. The minimum absolute atomic E-state index is 0.0227. The molecule has 0 aromatic heterocycles. The first-order valence-corrected chi connectivity index (χ1v) is 9.22. The molecule has 4 rings (SSSR count). The Morgan fingerprint density at radius 3 is 2.29 bits per heavy atom. The summed E-state index contributed by atoms with van der Waals surface area (Å²) in [5.41, 5.74) is 0.348. The molecule has 3 aliphatic rings. The second-order valence-electron chi connectivity index (χ2n) is 7.24. The van der Waals surface area contributed by atoms with Gasteiger partial charge in [0.15, 0.2) is 17.2 Å². The number of aliphatic hydroxyl groups excluding tert-OH is 5. The summed E-state index contributed by atoms with van der Waals surface area (Å²) in [6, 6.07) is 2.21. The number of hydrogen-bond donors (Lipinski definition) is 8. The Balaban J connectivity index is 1.78. The molecule has 5 atom stereocenters. The van der Waals surface area contributed by atoms with E-state index >= 15 is 0 Å². The highest BCUT2D eigenvalue weighted by Gasteiger charge is 2.42. The largest absolute Gasteiger partial charge is 0.571 e. The standard InChI is InChI=1S/C20H20O11/c21-8-3-10(22)9-5-15(31-20-18(28)17(27)13(25)6-29-20)19(30-14(9)4-8)7-1-11(23)16(26)12(24)2-7/h1-5,13-14,17-18,20-28H,6H2/p+1. The summed E-state index contributed by atoms with van der Waals surface area (Å²) in [5.74, 6) is -2.57. The van der Waals surface area contributed by atoms with Gasteiger partial charge in [-0.3, -0.25) is 0 Å². The van der Waals surface area contributed by atoms with E-state index in [0.717, 1.165) is 18.2 Å². The molecule has 1 aromatic carbocycles. The molecule has 2 heterocycles. The van der Waals surface area contributed by atoms with Crippen molar-refractivity contribution in [3.05, 3.63) is 58.8 Å². The van der Waals surface area contributed by atoms with Gasteiger partial charge in [-0.2, -0.15) is 0 Å². The summed E-state index contributed by atoms with van der Waals surface area (Å²) in [7, 11) is 0. The summed E-state index contributed by atoms with van der Waals surface area (Å²) in [6.45, 7) is -0.315. The Kier molecular flexibility index (Phi) is 5.19. The Morgan fingerprint density at radius 1 is 0.935 bits per heavy atom. The fraction of sp³-hybridized carbons (Fsp3) is 0.300. The van der Waals surface area contributed by atoms with E-state index in [0.29, 0.717) is 0 Å². The lowest BCUT2D eigenvalue weighted by atomic mass is 9.97. The van der Waals surface area contributed by atoms with Crippen LogP contribution >= 0.6 is 0 Å². The molecule has 0 saturated carbocycles. The number of fused-ring (bicyclic) bond motifs is 1. The van der Waals surface area contributed by atoms with Crippen LogP contribution in [0, 0.1) is 0 Å². The molecule has 0 bridgehead atoms. The molecule has 166 valence electrons. The van der Waals surface area contributed by atoms with Gasteiger partial charge >= 0.3 is 5.76 Å². The van der Waals surface area contributed by atoms with Crippen LogP contribution < -0.4 is 0 Å². The molecule has 31 heavy (non-hydrogen) atoms. The first-order chi connectivity index (χ1) is 14.7. The van der Waals surface area contributed by atoms with E-state index in [-0.39, 0.29) is 40.8 Å². The molecule has 5 unspecified atom stereocenters. The highest BCUT2D eigenvalue weighted by atomic mass is 16.7. The molecule has 1 saturated heterocycles. The third kappa shape index (κ3) is 3.75. The third-order valence-corrected chi connectivity index (χ3v) is 5.06. The van der Waals surface area contributed by atoms with Gasteiger partial charge in [-0.1, -0.05) is 0 Å². The van der Waals surface area contributed by atoms with E-state index in [4.69, 9.17) is 9.47 Å². The molecule has 1 aliphatic carbocycles. The van der Waals surface area contributed by atoms with Gasteiger partial charge in [-0.25, -0.2) is 0 Å². The SMILES string of the molecule is OC1=CC2[OH+]C(c3cc(O)c(O)c(O)c3)=C(OC3OCC(O)C(O)C3O)C=C2C(O)=C1. The first-order valence-electron chi connectivity index (χ1n) is 9.22. The second-order valence-corrected chi connectivity index (χ2v) is 7.24. The van der Waals surface area contributed by atoms with E-state index in [9.17, 15) is 40.9 Å². The quantitative estimate of drug-likeness (QED) is 0.229. The third-order valence-electron chi connectivity index (χ3n) is 5.06. The molecular weight excluding hydrogens is 416 g/mol. The average molecular weight is 437 g/mol. The predicted octanol–water partition coefficient (Wildman–Crippen LogP) is -0.338. The Labute approximate surface area is 174 Å². The van der Waals surface area contributed by atoms with E-state index in [1.54, 1.807) is 0 Å². The van der Waals surface area contributed by atoms with Gasteiger partial charge in [-0.05, 0) is 0 Å². The van der Waals surface area contributed by atoms with E-state index in [1.807, 2.05) is 0 Å². The maximum absolute atomic E-state index is 10.2. The lowest BCUT2D eigenvalue weighted by molar-refractivity contribution is -0.257. The summed E-state index contributed by atoms with van der Waals surface area (Å²) in [6.07, 6.45) is -2.91. The van der Waals surface area contributed by atoms with Gasteiger partial charge in [-0.15, -0.1) is 0 Å². The van der Waals surface area contributed by atoms with Crippen molar-refractivity contribution in [3.8, 4) is 17.2 Å². The van der Waals surface area contributed by atoms with Gasteiger partial charge in [0.1, 0.15) is 29.8 Å². The second kappa shape index (κ2) is 7.71. The summed E-state index contributed by atoms with van der Waals surface area (Å²) >= 11 is 0. The van der Waals surface area contributed by atoms with Crippen LogP contribution in [-0.2, 0) is 9.47 Å². The molecule has 2 aliphatic heterocycles. The molecular formula is C20H21O11+. The number of allylic oxidation sites excluding steroid dienone is 2. The van der Waals surface area contributed by atoms with Crippen molar-refractivity contribution < 1.29 is 55.1 Å². The first kappa shape index (κ1) is 20.9. The van der Waals surface area contributed by atoms with Crippen LogP contribution in [-0.4, -0.2) is 82.9 Å². The topological polar surface area (TPSA) is 193 Å². The lowest BCUT2D eigenvalue weighted by Crippen LogP contribution is -2.53. The Hall–Kier alpha value is -3.38. The minimum Gasteiger partial charge on any atom is -0.571 e. The smallest absolute Gasteiger partial charge is 0.305 e. The van der Waals surface area contributed by atoms with Gasteiger partial charge < -0.3 is 55.1 Å². The van der Waals surface area contributed by atoms with Crippen LogP contribution in [0.25, 0.3) is 5.76 Å². The number of ether oxygens (including phenoxy) is 3. The van der Waals surface area contributed by atoms with Crippen molar-refractivity contribution >= 4 is 5.76 Å². The molecule has 9 N–H and O–H groups in total. The number of benzene rings is 1. The number of rotatable bonds is 3. The van der Waals surface area contributed by atoms with Crippen molar-refractivity contribution in [1.29, 1.82) is 0 Å². The van der Waals surface area contributed by atoms with Crippen molar-refractivity contribution in [1.82, 2.24) is 0 Å². The average Bonchev–Trinajstić information content (AvgIpc) is 2.72. The van der Waals surface area contributed by atoms with Gasteiger partial charge in [0.2, 0.25) is 18.2 Å². The normalized spacial score (nSPS) is 30.5. The van der Waals surface area contributed by atoms with Crippen LogP contribution in [0.15, 0.2) is 53.2 Å². The van der Waals surface area contributed by atoms with Crippen molar-refractivity contribution in [2.45, 2.75) is 30.7 Å². The van der Waals surface area contributed by atoms with E-state index in [2.05, 4.69) is 4.74 Å². The molecule has 11 nitrogen and oxygen atoms in total. The zero-order valence-corrected chi connectivity index (χ0v) is 15.8. The minimum atomic E-state index is -1.62. The Bertz CT molecular complexity index is 999. The monoisotopic (exact) mass is 437 g/mol. The van der Waals surface area contributed by atoms with Crippen LogP contribution in [0.3, 0.4) is 0 Å². The van der Waals surface area contributed by atoms with Gasteiger partial charge in [0.05, 0.1) is 23.8 Å². The molecule has 1 aromatic rings. The number of aliphatic hydroxyl groups is 7. The fourth-order valence-corrected chi connectivity index (χ4v) is 3.41. The number of aromatic hydroxyl groups is 3. The van der Waals surface area contributed by atoms with Crippen LogP contribution in [0.1, 0.15) is 5.56 Å². The van der Waals surface area contributed by atoms with Crippen LogP contribution in [0.5, 0.6) is 17.2 Å². The van der Waals surface area contributed by atoms with Gasteiger partial charge in [0.25, 0.3) is 0 Å². The summed E-state index contributed by atoms with van der Waals surface area (Å²) < 4.78 is 15.3. The van der Waals surface area contributed by atoms with Crippen LogP contribution in [0.2, 0.25) is 0 Å². The highest BCUT2D eigenvalue weighted by Crippen LogP contribution is 2.41. The maximum Gasteiger partial charge on any atom is 0.305 e. The molecule has 0 radical (unpaired) electrons. The zero-order chi connectivity index (χ0) is 22.4. The number of hydrogen-bond acceptors (Lipinski definition) is 10. The predicted molar refractivity (Wildman–Crippen MR) is 103 cm³/mol. The Morgan fingerprint density at radius 2 is 1.61 bits per heavy atom. The molecule has 0 amide bonds. The van der Waals surface area contributed by atoms with Gasteiger partial charge in [0, 0.05) is 24.3 Å². The molecule has 1 fully saturated rings. The summed E-state index contributed by atoms with van der Waals surface area (Å²) in [5, 5.41) is 79.1. The van der Waals surface area contributed by atoms with Crippen molar-refractivity contribution in [3.63, 3.8) is 0 Å². The summed E-state index contributed by atoms with van der Waals surface area (Å²) in [4.78, 5) is 0. The number of phenols is 3. The zero-order valence-electron chi connectivity index (χ0n) is 15.8. The van der Waals surface area contributed by atoms with Crippen LogP contribution in [0.4, 0.5) is 0 Å². The number of phenolic OH excluding ortho intramolecular Hbond substituents is 3.